The van der Waals surface area contributed by atoms with Gasteiger partial charge in [-0.15, -0.1) is 0 Å². The first kappa shape index (κ1) is 13.6. The van der Waals surface area contributed by atoms with Crippen molar-refractivity contribution < 1.29 is 9.84 Å². The van der Waals surface area contributed by atoms with E-state index in [0.717, 1.165) is 18.0 Å². The fourth-order valence-electron chi connectivity index (χ4n) is 1.89. The number of aryl methyl sites for hydroxylation is 2. The van der Waals surface area contributed by atoms with Gasteiger partial charge in [-0.05, 0) is 31.0 Å². The summed E-state index contributed by atoms with van der Waals surface area (Å²) in [6, 6.07) is 7.96. The summed E-state index contributed by atoms with van der Waals surface area (Å²) in [7, 11) is 0. The maximum Gasteiger partial charge on any atom is 0.119 e. The number of benzene rings is 1. The quantitative estimate of drug-likeness (QED) is 0.866. The molecule has 0 saturated heterocycles. The summed E-state index contributed by atoms with van der Waals surface area (Å²) in [6.45, 7) is 4.81. The zero-order valence-electron chi connectivity index (χ0n) is 11.4. The third kappa shape index (κ3) is 3.83. The molecule has 4 nitrogen and oxygen atoms in total. The van der Waals surface area contributed by atoms with Crippen molar-refractivity contribution in [2.24, 2.45) is 0 Å². The lowest BCUT2D eigenvalue weighted by molar-refractivity contribution is 0.0919. The van der Waals surface area contributed by atoms with Crippen LogP contribution in [0.3, 0.4) is 0 Å². The van der Waals surface area contributed by atoms with Gasteiger partial charge >= 0.3 is 0 Å². The highest BCUT2D eigenvalue weighted by Gasteiger charge is 2.08. The molecule has 4 heteroatoms. The largest absolute Gasteiger partial charge is 0.491 e. The molecule has 0 fully saturated rings. The number of ether oxygens (including phenoxy) is 1. The minimum absolute atomic E-state index is 0.281. The van der Waals surface area contributed by atoms with Gasteiger partial charge in [0.15, 0.2) is 0 Å². The summed E-state index contributed by atoms with van der Waals surface area (Å²) in [5, 5.41) is 9.93. The molecule has 1 unspecified atom stereocenters. The Morgan fingerprint density at radius 2 is 2.05 bits per heavy atom. The molecule has 0 saturated carbocycles. The molecule has 0 bridgehead atoms. The first-order valence-electron chi connectivity index (χ1n) is 6.56. The molecule has 1 N–H and O–H groups in total. The van der Waals surface area contributed by atoms with Crippen molar-refractivity contribution in [1.29, 1.82) is 0 Å². The molecular weight excluding hydrogens is 240 g/mol. The number of nitrogens with zero attached hydrogens (tertiary/aromatic N) is 2. The Bertz CT molecular complexity index is 505. The van der Waals surface area contributed by atoms with Crippen LogP contribution in [0.5, 0.6) is 5.75 Å². The van der Waals surface area contributed by atoms with Crippen molar-refractivity contribution >= 4 is 0 Å². The van der Waals surface area contributed by atoms with Crippen LogP contribution >= 0.6 is 0 Å². The van der Waals surface area contributed by atoms with E-state index >= 15 is 0 Å². The summed E-state index contributed by atoms with van der Waals surface area (Å²) < 4.78 is 7.48. The van der Waals surface area contributed by atoms with Crippen LogP contribution in [0.2, 0.25) is 0 Å². The maximum atomic E-state index is 9.93. The van der Waals surface area contributed by atoms with Crippen molar-refractivity contribution in [3.8, 4) is 5.75 Å². The molecule has 1 aromatic carbocycles. The Morgan fingerprint density at radius 3 is 2.63 bits per heavy atom. The Labute approximate surface area is 113 Å². The Hall–Kier alpha value is -1.81. The van der Waals surface area contributed by atoms with Crippen LogP contribution in [0.4, 0.5) is 0 Å². The average molecular weight is 260 g/mol. The number of aromatic nitrogens is 2. The van der Waals surface area contributed by atoms with Gasteiger partial charge in [-0.2, -0.15) is 0 Å². The monoisotopic (exact) mass is 260 g/mol. The van der Waals surface area contributed by atoms with Crippen LogP contribution in [0.25, 0.3) is 0 Å². The van der Waals surface area contributed by atoms with Gasteiger partial charge in [0, 0.05) is 12.4 Å². The minimum atomic E-state index is -0.543. The summed E-state index contributed by atoms with van der Waals surface area (Å²) in [5.74, 6) is 1.69. The molecule has 0 spiro atoms. The van der Waals surface area contributed by atoms with Gasteiger partial charge in [0.2, 0.25) is 0 Å². The van der Waals surface area contributed by atoms with Crippen LogP contribution in [0, 0.1) is 6.92 Å². The van der Waals surface area contributed by atoms with E-state index in [0.29, 0.717) is 6.54 Å². The lowest BCUT2D eigenvalue weighted by Gasteiger charge is -2.14. The SMILES string of the molecule is CCc1ccc(OCC(O)Cn2ccnc2C)cc1. The minimum Gasteiger partial charge on any atom is -0.491 e. The van der Waals surface area contributed by atoms with Gasteiger partial charge in [-0.1, -0.05) is 19.1 Å². The third-order valence-electron chi connectivity index (χ3n) is 3.11. The molecule has 0 aliphatic rings. The second kappa shape index (κ2) is 6.38. The summed E-state index contributed by atoms with van der Waals surface area (Å²) >= 11 is 0. The zero-order chi connectivity index (χ0) is 13.7. The Balaban J connectivity index is 1.82. The fraction of sp³-hybridized carbons (Fsp3) is 0.400. The molecule has 0 amide bonds. The number of aliphatic hydroxyl groups is 1. The molecule has 1 atom stereocenters. The maximum absolute atomic E-state index is 9.93. The zero-order valence-corrected chi connectivity index (χ0v) is 11.4. The number of aliphatic hydroxyl groups excluding tert-OH is 1. The van der Waals surface area contributed by atoms with E-state index in [1.54, 1.807) is 6.20 Å². The fourth-order valence-corrected chi connectivity index (χ4v) is 1.89. The normalized spacial score (nSPS) is 12.4. The highest BCUT2D eigenvalue weighted by molar-refractivity contribution is 5.27. The number of rotatable bonds is 6. The van der Waals surface area contributed by atoms with Crippen LogP contribution in [0.1, 0.15) is 18.3 Å². The second-order valence-corrected chi connectivity index (χ2v) is 4.59. The van der Waals surface area contributed by atoms with E-state index in [1.807, 2.05) is 42.0 Å². The van der Waals surface area contributed by atoms with Crippen molar-refractivity contribution in [3.63, 3.8) is 0 Å². The van der Waals surface area contributed by atoms with Crippen LogP contribution in [-0.2, 0) is 13.0 Å². The summed E-state index contributed by atoms with van der Waals surface area (Å²) in [4.78, 5) is 4.12. The van der Waals surface area contributed by atoms with Gasteiger partial charge in [0.05, 0.1) is 6.54 Å². The van der Waals surface area contributed by atoms with Gasteiger partial charge in [-0.3, -0.25) is 0 Å². The Kier molecular flexibility index (Phi) is 4.58. The third-order valence-corrected chi connectivity index (χ3v) is 3.11. The van der Waals surface area contributed by atoms with Gasteiger partial charge < -0.3 is 14.4 Å². The number of hydrogen-bond donors (Lipinski definition) is 1. The molecule has 1 heterocycles. The molecule has 102 valence electrons. The second-order valence-electron chi connectivity index (χ2n) is 4.59. The summed E-state index contributed by atoms with van der Waals surface area (Å²) in [6.07, 6.45) is 4.06. The van der Waals surface area contributed by atoms with Gasteiger partial charge in [0.25, 0.3) is 0 Å². The van der Waals surface area contributed by atoms with Crippen LogP contribution < -0.4 is 4.74 Å². The topological polar surface area (TPSA) is 47.3 Å². The molecular formula is C15H20N2O2. The Morgan fingerprint density at radius 1 is 1.32 bits per heavy atom. The first-order valence-corrected chi connectivity index (χ1v) is 6.56. The van der Waals surface area contributed by atoms with Gasteiger partial charge in [0.1, 0.15) is 24.3 Å². The van der Waals surface area contributed by atoms with Crippen molar-refractivity contribution in [3.05, 3.63) is 48.0 Å². The van der Waals surface area contributed by atoms with E-state index in [-0.39, 0.29) is 6.61 Å². The van der Waals surface area contributed by atoms with Crippen molar-refractivity contribution in [2.75, 3.05) is 6.61 Å². The molecule has 2 rings (SSSR count). The van der Waals surface area contributed by atoms with Crippen LogP contribution in [-0.4, -0.2) is 27.4 Å². The molecule has 0 radical (unpaired) electrons. The van der Waals surface area contributed by atoms with E-state index in [1.165, 1.54) is 5.56 Å². The lowest BCUT2D eigenvalue weighted by atomic mass is 10.2. The van der Waals surface area contributed by atoms with Crippen LogP contribution in [0.15, 0.2) is 36.7 Å². The molecule has 2 aromatic rings. The van der Waals surface area contributed by atoms with Gasteiger partial charge in [-0.25, -0.2) is 4.98 Å². The summed E-state index contributed by atoms with van der Waals surface area (Å²) in [5.41, 5.74) is 1.28. The number of hydrogen-bond acceptors (Lipinski definition) is 3. The predicted molar refractivity (Wildman–Crippen MR) is 74.3 cm³/mol. The van der Waals surface area contributed by atoms with E-state index in [2.05, 4.69) is 11.9 Å². The predicted octanol–water partition coefficient (Wildman–Crippen LogP) is 2.19. The van der Waals surface area contributed by atoms with E-state index in [9.17, 15) is 5.11 Å². The molecule has 0 aliphatic heterocycles. The average Bonchev–Trinajstić information content (AvgIpc) is 2.82. The van der Waals surface area contributed by atoms with Crippen molar-refractivity contribution in [2.45, 2.75) is 32.9 Å². The molecule has 1 aromatic heterocycles. The highest BCUT2D eigenvalue weighted by atomic mass is 16.5. The molecule has 0 aliphatic carbocycles. The standard InChI is InChI=1S/C15H20N2O2/c1-3-13-4-6-15(7-5-13)19-11-14(18)10-17-9-8-16-12(17)2/h4-9,14,18H,3,10-11H2,1-2H3. The number of imidazole rings is 1. The highest BCUT2D eigenvalue weighted by Crippen LogP contribution is 2.13. The lowest BCUT2D eigenvalue weighted by Crippen LogP contribution is -2.23. The van der Waals surface area contributed by atoms with Crippen molar-refractivity contribution in [1.82, 2.24) is 9.55 Å². The van der Waals surface area contributed by atoms with E-state index in [4.69, 9.17) is 4.74 Å². The first-order chi connectivity index (χ1) is 9.19. The van der Waals surface area contributed by atoms with E-state index < -0.39 is 6.10 Å². The molecule has 19 heavy (non-hydrogen) atoms. The smallest absolute Gasteiger partial charge is 0.119 e.